The molecule has 0 aromatic carbocycles. The molecule has 0 saturated carbocycles. The summed E-state index contributed by atoms with van der Waals surface area (Å²) < 4.78 is 18.8. The van der Waals surface area contributed by atoms with Crippen molar-refractivity contribution in [1.82, 2.24) is 0 Å². The molecule has 0 aromatic heterocycles. The van der Waals surface area contributed by atoms with Gasteiger partial charge in [0, 0.05) is 11.0 Å². The van der Waals surface area contributed by atoms with Gasteiger partial charge in [0.25, 0.3) is 0 Å². The molecule has 0 spiro atoms. The molecule has 0 fully saturated rings. The van der Waals surface area contributed by atoms with Gasteiger partial charge in [0.1, 0.15) is 0 Å². The van der Waals surface area contributed by atoms with Crippen molar-refractivity contribution in [1.29, 1.82) is 0 Å². The molecule has 0 aliphatic rings. The minimum atomic E-state index is -4.28. The van der Waals surface area contributed by atoms with E-state index < -0.39 is 26.2 Å². The van der Waals surface area contributed by atoms with Gasteiger partial charge in [0.2, 0.25) is 0 Å². The standard InChI is InChI=1S/2CH5O3PS.Zr/c2*2-5(3,4)1-6;/h2*6H,1H2,(H2,2,3,4);/q;;+4/p-4. The van der Waals surface area contributed by atoms with E-state index in [0.717, 1.165) is 0 Å². The zero-order valence-electron chi connectivity index (χ0n) is 6.15. The van der Waals surface area contributed by atoms with E-state index in [-0.39, 0.29) is 26.2 Å². The molecule has 0 rings (SSSR count). The molecule has 11 heteroatoms. The van der Waals surface area contributed by atoms with Gasteiger partial charge < -0.3 is 28.7 Å². The van der Waals surface area contributed by atoms with Crippen molar-refractivity contribution in [2.75, 3.05) is 11.0 Å². The smallest absolute Gasteiger partial charge is 0.810 e. The number of hydrogen-bond acceptors (Lipinski definition) is 8. The van der Waals surface area contributed by atoms with Gasteiger partial charge in [0.05, 0.1) is 0 Å². The van der Waals surface area contributed by atoms with Crippen LogP contribution in [0.15, 0.2) is 0 Å². The summed E-state index contributed by atoms with van der Waals surface area (Å²) in [5, 5.41) is 0. The van der Waals surface area contributed by atoms with Gasteiger partial charge in [-0.1, -0.05) is 15.2 Å². The second-order valence-electron chi connectivity index (χ2n) is 1.50. The van der Waals surface area contributed by atoms with Gasteiger partial charge in [-0.3, -0.25) is 0 Å². The van der Waals surface area contributed by atoms with E-state index in [9.17, 15) is 28.7 Å². The first-order chi connectivity index (χ1) is 5.12. The van der Waals surface area contributed by atoms with Crippen LogP contribution in [0.2, 0.25) is 0 Å². The summed E-state index contributed by atoms with van der Waals surface area (Å²) >= 11 is 6.43. The monoisotopic (exact) mass is 342 g/mol. The van der Waals surface area contributed by atoms with Crippen molar-refractivity contribution >= 4 is 40.4 Å². The third-order valence-electron chi connectivity index (χ3n) is 0.346. The second kappa shape index (κ2) is 9.13. The SMILES string of the molecule is O=P([O-])([O-])CS.O=P([O-])([O-])CS.[Zr+4]. The Hall–Kier alpha value is 1.88. The van der Waals surface area contributed by atoms with E-state index >= 15 is 0 Å². The van der Waals surface area contributed by atoms with Crippen LogP contribution in [0.25, 0.3) is 0 Å². The third kappa shape index (κ3) is 31.5. The Morgan fingerprint density at radius 2 is 0.923 bits per heavy atom. The number of hydrogen-bond donors (Lipinski definition) is 2. The van der Waals surface area contributed by atoms with Crippen molar-refractivity contribution < 1.29 is 54.9 Å². The van der Waals surface area contributed by atoms with E-state index in [1.807, 2.05) is 0 Å². The van der Waals surface area contributed by atoms with E-state index in [0.29, 0.717) is 0 Å². The van der Waals surface area contributed by atoms with E-state index in [1.165, 1.54) is 0 Å². The average Bonchev–Trinajstić information content (AvgIpc) is 1.86. The molecule has 0 N–H and O–H groups in total. The summed E-state index contributed by atoms with van der Waals surface area (Å²) in [5.41, 5.74) is -1.18. The Kier molecular flexibility index (Phi) is 14.3. The zero-order valence-corrected chi connectivity index (χ0v) is 12.2. The predicted octanol–water partition coefficient (Wildman–Crippen LogP) is -2.43. The van der Waals surface area contributed by atoms with Crippen LogP contribution in [0.4, 0.5) is 0 Å². The average molecular weight is 343 g/mol. The zero-order chi connectivity index (χ0) is 10.4. The van der Waals surface area contributed by atoms with Gasteiger partial charge in [-0.25, -0.2) is 0 Å². The maximum absolute atomic E-state index is 9.40. The third-order valence-corrected chi connectivity index (χ3v) is 3.12. The molecule has 76 valence electrons. The van der Waals surface area contributed by atoms with Crippen LogP contribution in [0.3, 0.4) is 0 Å². The van der Waals surface area contributed by atoms with E-state index in [1.54, 1.807) is 0 Å². The second-order valence-corrected chi connectivity index (χ2v) is 6.21. The van der Waals surface area contributed by atoms with Crippen LogP contribution in [0, 0.1) is 0 Å². The molecule has 0 aliphatic heterocycles. The summed E-state index contributed by atoms with van der Waals surface area (Å²) in [5.74, 6) is 0. The molecule has 13 heavy (non-hydrogen) atoms. The summed E-state index contributed by atoms with van der Waals surface area (Å²) in [6.07, 6.45) is 0. The summed E-state index contributed by atoms with van der Waals surface area (Å²) in [6.45, 7) is 0. The Labute approximate surface area is 106 Å². The maximum Gasteiger partial charge on any atom is 4.00 e. The first kappa shape index (κ1) is 20.3. The topological polar surface area (TPSA) is 126 Å². The Balaban J connectivity index is -0.000000143. The van der Waals surface area contributed by atoms with Gasteiger partial charge in [-0.15, -0.1) is 0 Å². The van der Waals surface area contributed by atoms with Gasteiger partial charge >= 0.3 is 26.2 Å². The molecule has 0 saturated heterocycles. The quantitative estimate of drug-likeness (QED) is 0.424. The van der Waals surface area contributed by atoms with Crippen LogP contribution in [0.1, 0.15) is 0 Å². The Bertz CT molecular complexity index is 177. The molecular weight excluding hydrogens is 337 g/mol. The molecule has 0 heterocycles. The summed E-state index contributed by atoms with van der Waals surface area (Å²) in [7, 11) is -8.56. The van der Waals surface area contributed by atoms with Crippen LogP contribution >= 0.6 is 40.4 Å². The van der Waals surface area contributed by atoms with Crippen molar-refractivity contribution in [3.05, 3.63) is 0 Å². The molecule has 0 unspecified atom stereocenters. The van der Waals surface area contributed by atoms with Crippen molar-refractivity contribution in [2.45, 2.75) is 0 Å². The fourth-order valence-corrected chi connectivity index (χ4v) is 0. The number of thiol groups is 2. The van der Waals surface area contributed by atoms with Gasteiger partial charge in [-0.05, 0) is 0 Å². The predicted molar refractivity (Wildman–Crippen MR) is 42.9 cm³/mol. The minimum Gasteiger partial charge on any atom is -0.810 e. The molecule has 0 bridgehead atoms. The Morgan fingerprint density at radius 1 is 0.846 bits per heavy atom. The van der Waals surface area contributed by atoms with Crippen LogP contribution < -0.4 is 19.6 Å². The van der Waals surface area contributed by atoms with Crippen LogP contribution in [0.5, 0.6) is 0 Å². The summed E-state index contributed by atoms with van der Waals surface area (Å²) in [4.78, 5) is 37.6. The van der Waals surface area contributed by atoms with Gasteiger partial charge in [-0.2, -0.15) is 25.3 Å². The molecule has 0 aliphatic carbocycles. The maximum atomic E-state index is 9.40. The molecule has 0 atom stereocenters. The van der Waals surface area contributed by atoms with E-state index in [4.69, 9.17) is 0 Å². The van der Waals surface area contributed by atoms with Crippen molar-refractivity contribution in [3.63, 3.8) is 0 Å². The fourth-order valence-electron chi connectivity index (χ4n) is 0. The number of rotatable bonds is 2. The van der Waals surface area contributed by atoms with Crippen molar-refractivity contribution in [2.24, 2.45) is 0 Å². The molecule has 0 radical (unpaired) electrons. The van der Waals surface area contributed by atoms with Crippen LogP contribution in [-0.4, -0.2) is 11.0 Å². The molecular formula is C2H6O6P2S2Zr. The Morgan fingerprint density at radius 3 is 0.923 bits per heavy atom. The normalized spacial score (nSPS) is 10.9. The largest absolute Gasteiger partial charge is 4.00 e. The van der Waals surface area contributed by atoms with Crippen molar-refractivity contribution in [3.8, 4) is 0 Å². The van der Waals surface area contributed by atoms with Crippen LogP contribution in [-0.2, 0) is 35.3 Å². The van der Waals surface area contributed by atoms with Gasteiger partial charge in [0.15, 0.2) is 0 Å². The van der Waals surface area contributed by atoms with E-state index in [2.05, 4.69) is 25.3 Å². The molecule has 0 amide bonds. The molecule has 6 nitrogen and oxygen atoms in total. The molecule has 0 aromatic rings. The minimum absolute atomic E-state index is 0. The summed E-state index contributed by atoms with van der Waals surface area (Å²) in [6, 6.07) is 0. The first-order valence-electron chi connectivity index (χ1n) is 2.36. The first-order valence-corrected chi connectivity index (χ1v) is 7.08. The fraction of sp³-hybridized carbons (Fsp3) is 1.00.